The van der Waals surface area contributed by atoms with Crippen molar-refractivity contribution in [2.24, 2.45) is 7.05 Å². The molecule has 0 radical (unpaired) electrons. The number of thiophene rings is 1. The van der Waals surface area contributed by atoms with Gasteiger partial charge in [0.1, 0.15) is 17.7 Å². The minimum Gasteiger partial charge on any atom is -0.344 e. The molecule has 0 spiro atoms. The quantitative estimate of drug-likeness (QED) is 0.0564. The molecule has 0 bridgehead atoms. The average Bonchev–Trinajstić information content (AvgIpc) is 4.14. The normalized spacial score (nSPS) is 11.9. The molecule has 5 nitrogen and oxygen atoms in total. The van der Waals surface area contributed by atoms with E-state index in [2.05, 4.69) is 170 Å². The molecule has 0 aliphatic heterocycles. The van der Waals surface area contributed by atoms with Gasteiger partial charge in [0.2, 0.25) is 0 Å². The molecule has 362 valence electrons. The molecule has 0 saturated carbocycles. The lowest BCUT2D eigenvalue weighted by atomic mass is 9.99. The van der Waals surface area contributed by atoms with E-state index in [1.165, 1.54) is 178 Å². The zero-order chi connectivity index (χ0) is 49.7. The molecule has 0 aliphatic rings. The van der Waals surface area contributed by atoms with Gasteiger partial charge in [0.05, 0.1) is 11.0 Å². The number of rotatable bonds is 20. The number of hydrogen-bond donors (Lipinski definition) is 0. The van der Waals surface area contributed by atoms with Crippen LogP contribution in [0.3, 0.4) is 0 Å². The van der Waals surface area contributed by atoms with Crippen molar-refractivity contribution < 1.29 is 0 Å². The van der Waals surface area contributed by atoms with Gasteiger partial charge in [-0.05, 0) is 127 Å². The molecule has 4 aromatic heterocycles. The van der Waals surface area contributed by atoms with Crippen molar-refractivity contribution in [1.29, 1.82) is 10.5 Å². The number of aromatic nitrogens is 3. The van der Waals surface area contributed by atoms with Crippen molar-refractivity contribution in [3.05, 3.63) is 153 Å². The summed E-state index contributed by atoms with van der Waals surface area (Å²) in [5.74, 6) is 0. The van der Waals surface area contributed by atoms with Gasteiger partial charge in [0.15, 0.2) is 0 Å². The van der Waals surface area contributed by atoms with Crippen molar-refractivity contribution >= 4 is 95.0 Å². The van der Waals surface area contributed by atoms with Crippen LogP contribution in [0.4, 0.5) is 0 Å². The molecule has 72 heavy (non-hydrogen) atoms. The Morgan fingerprint density at radius 1 is 0.500 bits per heavy atom. The summed E-state index contributed by atoms with van der Waals surface area (Å²) in [4.78, 5) is 1.95. The minimum atomic E-state index is 0.110. The molecule has 6 heteroatoms. The van der Waals surface area contributed by atoms with E-state index in [0.717, 1.165) is 21.0 Å². The van der Waals surface area contributed by atoms with E-state index in [1.807, 2.05) is 24.3 Å². The van der Waals surface area contributed by atoms with Crippen LogP contribution in [-0.4, -0.2) is 13.7 Å². The Bertz CT molecular complexity index is 3710. The second-order valence-corrected chi connectivity index (χ2v) is 21.5. The number of nitriles is 2. The van der Waals surface area contributed by atoms with E-state index in [4.69, 9.17) is 0 Å². The second-order valence-electron chi connectivity index (χ2n) is 20.4. The highest BCUT2D eigenvalue weighted by molar-refractivity contribution is 7.13. The number of fused-ring (bicyclic) bond motifs is 9. The van der Waals surface area contributed by atoms with Gasteiger partial charge in [-0.3, -0.25) is 0 Å². The summed E-state index contributed by atoms with van der Waals surface area (Å²) in [6.07, 6.45) is 24.3. The molecule has 0 aliphatic carbocycles. The van der Waals surface area contributed by atoms with E-state index in [-0.39, 0.29) is 5.57 Å². The Morgan fingerprint density at radius 2 is 0.986 bits per heavy atom. The van der Waals surface area contributed by atoms with Gasteiger partial charge >= 0.3 is 0 Å². The summed E-state index contributed by atoms with van der Waals surface area (Å²) in [6, 6.07) is 50.3. The standard InChI is InChI=1S/C66H67N5S/c1-6-8-10-12-14-16-18-51(19-17-15-13-11-9-7-2)70-63-36-45(3)20-32-55(63)56-34-25-50(40-65(56)70)49-26-35-57-59-42-66-60(41-62(59)69(5)61(57)39-49)58-33-21-46(4)37-64(58)71(66)52-27-22-47(23-28-52)24-29-53-30-31-54(72-53)38-48(43-67)44-68/h20-42,51H,6-19H2,1-5H3/b29-24+. The van der Waals surface area contributed by atoms with Crippen LogP contribution in [0.1, 0.15) is 136 Å². The molecule has 4 heterocycles. The minimum absolute atomic E-state index is 0.110. The predicted octanol–water partition coefficient (Wildman–Crippen LogP) is 19.5. The van der Waals surface area contributed by atoms with Crippen LogP contribution in [0, 0.1) is 36.5 Å². The number of unbranched alkanes of at least 4 members (excludes halogenated alkanes) is 10. The van der Waals surface area contributed by atoms with E-state index < -0.39 is 0 Å². The highest BCUT2D eigenvalue weighted by Crippen LogP contribution is 2.42. The van der Waals surface area contributed by atoms with Crippen molar-refractivity contribution in [2.45, 2.75) is 124 Å². The first-order valence-corrected chi connectivity index (χ1v) is 27.5. The Balaban J connectivity index is 1.01. The smallest absolute Gasteiger partial charge is 0.131 e. The monoisotopic (exact) mass is 962 g/mol. The average molecular weight is 962 g/mol. The van der Waals surface area contributed by atoms with Crippen LogP contribution in [0.2, 0.25) is 0 Å². The first-order valence-electron chi connectivity index (χ1n) is 26.7. The molecular weight excluding hydrogens is 895 g/mol. The fourth-order valence-corrected chi connectivity index (χ4v) is 12.3. The zero-order valence-corrected chi connectivity index (χ0v) is 43.7. The van der Waals surface area contributed by atoms with Gasteiger partial charge in [-0.2, -0.15) is 10.5 Å². The summed E-state index contributed by atoms with van der Waals surface area (Å²) in [6.45, 7) is 9.05. The molecule has 6 aromatic carbocycles. The zero-order valence-electron chi connectivity index (χ0n) is 42.9. The van der Waals surface area contributed by atoms with Gasteiger partial charge in [-0.25, -0.2) is 0 Å². The van der Waals surface area contributed by atoms with Crippen molar-refractivity contribution in [2.75, 3.05) is 0 Å². The third-order valence-electron chi connectivity index (χ3n) is 15.3. The predicted molar refractivity (Wildman–Crippen MR) is 310 cm³/mol. The largest absolute Gasteiger partial charge is 0.344 e. The fraction of sp³-hybridized carbons (Fsp3) is 0.303. The van der Waals surface area contributed by atoms with Crippen molar-refractivity contribution in [3.63, 3.8) is 0 Å². The number of aryl methyl sites for hydroxylation is 3. The first-order chi connectivity index (χ1) is 35.3. The Hall–Kier alpha value is -7.12. The summed E-state index contributed by atoms with van der Waals surface area (Å²) in [5.41, 5.74) is 15.0. The van der Waals surface area contributed by atoms with E-state index in [9.17, 15) is 10.5 Å². The first kappa shape index (κ1) is 48.5. The van der Waals surface area contributed by atoms with Gasteiger partial charge in [0.25, 0.3) is 0 Å². The van der Waals surface area contributed by atoms with Crippen LogP contribution >= 0.6 is 11.3 Å². The Labute approximate surface area is 429 Å². The topological polar surface area (TPSA) is 62.4 Å². The maximum Gasteiger partial charge on any atom is 0.131 e. The van der Waals surface area contributed by atoms with Gasteiger partial charge < -0.3 is 13.7 Å². The van der Waals surface area contributed by atoms with Crippen molar-refractivity contribution in [1.82, 2.24) is 13.7 Å². The lowest BCUT2D eigenvalue weighted by Gasteiger charge is -2.22. The molecule has 0 N–H and O–H groups in total. The molecule has 0 atom stereocenters. The number of allylic oxidation sites excluding steroid dienone is 1. The van der Waals surface area contributed by atoms with Gasteiger partial charge in [-0.15, -0.1) is 11.3 Å². The molecule has 0 unspecified atom stereocenters. The molecule has 10 rings (SSSR count). The maximum atomic E-state index is 9.18. The van der Waals surface area contributed by atoms with Gasteiger partial charge in [0, 0.05) is 82.9 Å². The number of benzene rings is 6. The van der Waals surface area contributed by atoms with E-state index >= 15 is 0 Å². The van der Waals surface area contributed by atoms with Crippen LogP contribution in [0.25, 0.3) is 100 Å². The summed E-state index contributed by atoms with van der Waals surface area (Å²) in [7, 11) is 2.23. The van der Waals surface area contributed by atoms with Gasteiger partial charge in [-0.1, -0.05) is 158 Å². The Kier molecular flexibility index (Phi) is 14.6. The third kappa shape index (κ3) is 9.78. The summed E-state index contributed by atoms with van der Waals surface area (Å²) >= 11 is 1.56. The highest BCUT2D eigenvalue weighted by Gasteiger charge is 2.21. The molecular formula is C66H67N5S. The van der Waals surface area contributed by atoms with Crippen LogP contribution in [-0.2, 0) is 7.05 Å². The van der Waals surface area contributed by atoms with E-state index in [0.29, 0.717) is 6.04 Å². The number of nitrogens with zero attached hydrogens (tertiary/aromatic N) is 5. The van der Waals surface area contributed by atoms with Crippen LogP contribution < -0.4 is 0 Å². The highest BCUT2D eigenvalue weighted by atomic mass is 32.1. The molecule has 0 fully saturated rings. The van der Waals surface area contributed by atoms with Crippen molar-refractivity contribution in [3.8, 4) is 29.0 Å². The second kappa shape index (κ2) is 21.7. The van der Waals surface area contributed by atoms with Crippen LogP contribution in [0.15, 0.2) is 127 Å². The molecule has 0 amide bonds. The SMILES string of the molecule is CCCCCCCCC(CCCCCCCC)n1c2cc(C)ccc2c2ccc(-c3ccc4c5cc6c(cc5n(C)c4c3)c3ccc(C)cc3n6-c3ccc(/C=C/c4ccc(C=C(C#N)C#N)s4)cc3)cc21. The lowest BCUT2D eigenvalue weighted by molar-refractivity contribution is 0.410. The Morgan fingerprint density at radius 3 is 1.62 bits per heavy atom. The van der Waals surface area contributed by atoms with Crippen LogP contribution in [0.5, 0.6) is 0 Å². The summed E-state index contributed by atoms with van der Waals surface area (Å²) in [5, 5.41) is 26.1. The maximum absolute atomic E-state index is 9.18. The number of hydrogen-bond acceptors (Lipinski definition) is 3. The molecule has 10 aromatic rings. The fourth-order valence-electron chi connectivity index (χ4n) is 11.4. The molecule has 0 saturated heterocycles. The third-order valence-corrected chi connectivity index (χ3v) is 16.3. The summed E-state index contributed by atoms with van der Waals surface area (Å²) < 4.78 is 7.61. The van der Waals surface area contributed by atoms with E-state index in [1.54, 1.807) is 17.4 Å². The lowest BCUT2D eigenvalue weighted by Crippen LogP contribution is -2.09.